The van der Waals surface area contributed by atoms with Crippen molar-refractivity contribution in [2.24, 2.45) is 5.73 Å². The van der Waals surface area contributed by atoms with E-state index in [9.17, 15) is 18.3 Å². The predicted molar refractivity (Wildman–Crippen MR) is 151 cm³/mol. The van der Waals surface area contributed by atoms with E-state index in [2.05, 4.69) is 21.6 Å². The maximum Gasteiger partial charge on any atom is 0.419 e. The first-order chi connectivity index (χ1) is 18.7. The van der Waals surface area contributed by atoms with Crippen LogP contribution in [0.15, 0.2) is 78.6 Å². The monoisotopic (exact) mass is 557 g/mol. The number of nitrogens with two attached hydrogens (primary N) is 1. The Hall–Kier alpha value is -2.86. The summed E-state index contributed by atoms with van der Waals surface area (Å²) < 4.78 is 52.8. The van der Waals surface area contributed by atoms with E-state index in [1.807, 2.05) is 48.5 Å². The summed E-state index contributed by atoms with van der Waals surface area (Å²) in [4.78, 5) is 0. The molecule has 1 aliphatic carbocycles. The summed E-state index contributed by atoms with van der Waals surface area (Å²) in [6, 6.07) is 21.9. The van der Waals surface area contributed by atoms with Gasteiger partial charge < -0.3 is 20.1 Å². The standard InChI is InChI=1S/C31H35F3NO3P/c32-31(33,34)26-19-23(14-15-27(26)37-18-8-2-5-11-22-9-3-1-4-10-22)16-17-30(35,21-36)29-25-13-7-6-12-24(25)20-28(29)38-39/h1,3-4,6-7,9-10,12-15,19-20,29,36H,2,5,8,11,16-18,21,35,39H2. The topological polar surface area (TPSA) is 64.7 Å². The third-order valence-corrected chi connectivity index (χ3v) is 7.61. The fourth-order valence-corrected chi connectivity index (χ4v) is 5.40. The Morgan fingerprint density at radius 2 is 1.62 bits per heavy atom. The Balaban J connectivity index is 1.39. The van der Waals surface area contributed by atoms with Crippen molar-refractivity contribution in [3.05, 3.63) is 106 Å². The Kier molecular flexibility index (Phi) is 9.71. The van der Waals surface area contributed by atoms with Crippen LogP contribution in [0.3, 0.4) is 0 Å². The number of hydrogen-bond donors (Lipinski definition) is 2. The molecule has 8 heteroatoms. The molecule has 39 heavy (non-hydrogen) atoms. The van der Waals surface area contributed by atoms with Gasteiger partial charge in [-0.1, -0.05) is 60.7 Å². The van der Waals surface area contributed by atoms with Gasteiger partial charge in [0.1, 0.15) is 11.5 Å². The molecule has 0 aliphatic heterocycles. The highest BCUT2D eigenvalue weighted by Crippen LogP contribution is 2.45. The van der Waals surface area contributed by atoms with Gasteiger partial charge in [0.05, 0.1) is 39.7 Å². The first kappa shape index (κ1) is 29.1. The summed E-state index contributed by atoms with van der Waals surface area (Å²) in [5.41, 5.74) is 8.38. The molecular formula is C31H35F3NO3P. The van der Waals surface area contributed by atoms with Gasteiger partial charge >= 0.3 is 6.18 Å². The number of benzene rings is 3. The van der Waals surface area contributed by atoms with Gasteiger partial charge in [-0.3, -0.25) is 0 Å². The molecule has 0 fully saturated rings. The van der Waals surface area contributed by atoms with Crippen LogP contribution in [0, 0.1) is 0 Å². The summed E-state index contributed by atoms with van der Waals surface area (Å²) in [7, 11) is 2.21. The van der Waals surface area contributed by atoms with Crippen molar-refractivity contribution in [1.82, 2.24) is 0 Å². The van der Waals surface area contributed by atoms with Crippen LogP contribution in [0.2, 0.25) is 0 Å². The van der Waals surface area contributed by atoms with Crippen LogP contribution in [0.1, 0.15) is 59.4 Å². The fourth-order valence-electron chi connectivity index (χ4n) is 5.20. The maximum atomic E-state index is 13.9. The average Bonchev–Trinajstić information content (AvgIpc) is 3.33. The molecule has 208 valence electrons. The zero-order valence-electron chi connectivity index (χ0n) is 21.8. The molecule has 4 nitrogen and oxygen atoms in total. The van der Waals surface area contributed by atoms with E-state index in [-0.39, 0.29) is 31.8 Å². The number of halogens is 3. The molecule has 3 unspecified atom stereocenters. The third-order valence-electron chi connectivity index (χ3n) is 7.33. The summed E-state index contributed by atoms with van der Waals surface area (Å²) in [6.07, 6.45) is 1.27. The van der Waals surface area contributed by atoms with Gasteiger partial charge in [-0.15, -0.1) is 0 Å². The van der Waals surface area contributed by atoms with E-state index in [0.29, 0.717) is 17.7 Å². The van der Waals surface area contributed by atoms with Gasteiger partial charge in [0.15, 0.2) is 0 Å². The van der Waals surface area contributed by atoms with E-state index in [1.54, 1.807) is 6.07 Å². The Bertz CT molecular complexity index is 1270. The van der Waals surface area contributed by atoms with Crippen molar-refractivity contribution in [2.75, 3.05) is 13.2 Å². The summed E-state index contributed by atoms with van der Waals surface area (Å²) in [5, 5.41) is 10.3. The molecule has 3 atom stereocenters. The first-order valence-corrected chi connectivity index (χ1v) is 13.7. The molecule has 3 aromatic rings. The van der Waals surface area contributed by atoms with Gasteiger partial charge in [0.25, 0.3) is 0 Å². The summed E-state index contributed by atoms with van der Waals surface area (Å²) >= 11 is 0. The number of fused-ring (bicyclic) bond motifs is 1. The van der Waals surface area contributed by atoms with E-state index < -0.39 is 23.2 Å². The zero-order valence-corrected chi connectivity index (χ0v) is 22.9. The van der Waals surface area contributed by atoms with Gasteiger partial charge in [0, 0.05) is 0 Å². The highest BCUT2D eigenvalue weighted by atomic mass is 31.0. The minimum absolute atomic E-state index is 0.165. The average molecular weight is 558 g/mol. The van der Waals surface area contributed by atoms with Crippen LogP contribution in [-0.4, -0.2) is 23.9 Å². The normalized spacial score (nSPS) is 16.4. The van der Waals surface area contributed by atoms with Crippen LogP contribution in [0.25, 0.3) is 6.08 Å². The minimum Gasteiger partial charge on any atom is -0.493 e. The molecular weight excluding hydrogens is 522 g/mol. The molecule has 3 aromatic carbocycles. The molecule has 0 bridgehead atoms. The molecule has 0 saturated heterocycles. The third kappa shape index (κ3) is 7.21. The Labute approximate surface area is 230 Å². The first-order valence-electron chi connectivity index (χ1n) is 13.2. The SMILES string of the molecule is NC(CO)(CCc1ccc(OCCCCCc2ccccc2)c(C(F)(F)F)c1)C1C(OP)=Cc2ccccc21. The largest absolute Gasteiger partial charge is 0.493 e. The maximum absolute atomic E-state index is 13.9. The van der Waals surface area contributed by atoms with E-state index >= 15 is 0 Å². The number of unbranched alkanes of at least 4 members (excludes halogenated alkanes) is 2. The molecule has 1 aliphatic rings. The number of ether oxygens (including phenoxy) is 1. The second kappa shape index (κ2) is 13.0. The van der Waals surface area contributed by atoms with Crippen LogP contribution in [0.4, 0.5) is 13.2 Å². The van der Waals surface area contributed by atoms with Crippen LogP contribution >= 0.6 is 9.47 Å². The number of hydrogen-bond acceptors (Lipinski definition) is 4. The lowest BCUT2D eigenvalue weighted by Crippen LogP contribution is -2.50. The number of alkyl halides is 3. The van der Waals surface area contributed by atoms with Crippen LogP contribution in [0.5, 0.6) is 5.75 Å². The highest BCUT2D eigenvalue weighted by molar-refractivity contribution is 7.10. The molecule has 0 heterocycles. The quantitative estimate of drug-likeness (QED) is 0.174. The molecule has 3 N–H and O–H groups in total. The van der Waals surface area contributed by atoms with Crippen LogP contribution in [-0.2, 0) is 23.5 Å². The zero-order chi connectivity index (χ0) is 27.9. The van der Waals surface area contributed by atoms with Gasteiger partial charge in [-0.25, -0.2) is 0 Å². The van der Waals surface area contributed by atoms with Crippen molar-refractivity contribution in [3.63, 3.8) is 0 Å². The van der Waals surface area contributed by atoms with Gasteiger partial charge in [-0.2, -0.15) is 13.2 Å². The van der Waals surface area contributed by atoms with Gasteiger partial charge in [-0.05, 0) is 79.0 Å². The molecule has 4 rings (SSSR count). The number of aryl methyl sites for hydroxylation is 2. The lowest BCUT2D eigenvalue weighted by Gasteiger charge is -2.35. The molecule has 0 saturated carbocycles. The second-order valence-corrected chi connectivity index (χ2v) is 10.3. The van der Waals surface area contributed by atoms with E-state index in [0.717, 1.165) is 36.5 Å². The smallest absolute Gasteiger partial charge is 0.419 e. The van der Waals surface area contributed by atoms with E-state index in [1.165, 1.54) is 11.6 Å². The summed E-state index contributed by atoms with van der Waals surface area (Å²) in [5.74, 6) is 0.0193. The van der Waals surface area contributed by atoms with Crippen molar-refractivity contribution < 1.29 is 27.5 Å². The Morgan fingerprint density at radius 1 is 0.872 bits per heavy atom. The minimum atomic E-state index is -4.55. The van der Waals surface area contributed by atoms with E-state index in [4.69, 9.17) is 15.0 Å². The van der Waals surface area contributed by atoms with Crippen molar-refractivity contribution in [3.8, 4) is 5.75 Å². The summed E-state index contributed by atoms with van der Waals surface area (Å²) in [6.45, 7) is -0.131. The molecule has 0 radical (unpaired) electrons. The predicted octanol–water partition coefficient (Wildman–Crippen LogP) is 7.06. The fraction of sp³-hybridized carbons (Fsp3) is 0.355. The lowest BCUT2D eigenvalue weighted by atomic mass is 9.77. The number of aliphatic hydroxyl groups is 1. The molecule has 0 aromatic heterocycles. The highest BCUT2D eigenvalue weighted by Gasteiger charge is 2.42. The second-order valence-electron chi connectivity index (χ2n) is 10.1. The molecule has 0 amide bonds. The number of rotatable bonds is 13. The van der Waals surface area contributed by atoms with Crippen LogP contribution < -0.4 is 10.5 Å². The lowest BCUT2D eigenvalue weighted by molar-refractivity contribution is -0.139. The molecule has 0 spiro atoms. The Morgan fingerprint density at radius 3 is 2.33 bits per heavy atom. The van der Waals surface area contributed by atoms with Crippen molar-refractivity contribution in [1.29, 1.82) is 0 Å². The number of aliphatic hydroxyl groups excluding tert-OH is 1. The van der Waals surface area contributed by atoms with Crippen molar-refractivity contribution >= 4 is 15.5 Å². The van der Waals surface area contributed by atoms with Crippen molar-refractivity contribution in [2.45, 2.75) is 56.2 Å². The van der Waals surface area contributed by atoms with Gasteiger partial charge in [0.2, 0.25) is 0 Å².